The molecular weight excluding hydrogens is 1200 g/mol. The maximum atomic E-state index is 13.0. The van der Waals surface area contributed by atoms with Crippen molar-refractivity contribution in [3.63, 3.8) is 0 Å². The van der Waals surface area contributed by atoms with Crippen LogP contribution in [0.25, 0.3) is 0 Å². The summed E-state index contributed by atoms with van der Waals surface area (Å²) >= 11 is 0. The van der Waals surface area contributed by atoms with Crippen molar-refractivity contribution in [2.45, 2.75) is 381 Å². The van der Waals surface area contributed by atoms with Gasteiger partial charge in [0, 0.05) is 25.7 Å². The molecule has 540 valence electrons. The average Bonchev–Trinajstić information content (AvgIpc) is 3.59. The molecule has 0 heterocycles. The topological polar surface area (TPSA) is 237 Å². The Bertz CT molecular complexity index is 1780. The first kappa shape index (κ1) is 89.1. The number of aliphatic hydroxyl groups is 1. The van der Waals surface area contributed by atoms with E-state index < -0.39 is 97.5 Å². The predicted octanol–water partition coefficient (Wildman–Crippen LogP) is 20.6. The minimum atomic E-state index is -4.95. The number of phosphoric acid groups is 2. The summed E-state index contributed by atoms with van der Waals surface area (Å²) in [6.07, 6.45) is 47.2. The van der Waals surface area contributed by atoms with Crippen molar-refractivity contribution in [1.82, 2.24) is 0 Å². The Kier molecular flexibility index (Phi) is 61.5. The highest BCUT2D eigenvalue weighted by Gasteiger charge is 2.30. The van der Waals surface area contributed by atoms with Gasteiger partial charge in [-0.1, -0.05) is 312 Å². The first-order valence-electron chi connectivity index (χ1n) is 37.3. The van der Waals surface area contributed by atoms with E-state index in [2.05, 4.69) is 48.5 Å². The first-order valence-corrected chi connectivity index (χ1v) is 40.3. The van der Waals surface area contributed by atoms with E-state index in [-0.39, 0.29) is 25.7 Å². The summed E-state index contributed by atoms with van der Waals surface area (Å²) in [5, 5.41) is 10.6. The predicted molar refractivity (Wildman–Crippen MR) is 368 cm³/mol. The molecule has 0 radical (unpaired) electrons. The highest BCUT2D eigenvalue weighted by atomic mass is 31.2. The highest BCUT2D eigenvalue weighted by Crippen LogP contribution is 2.45. The van der Waals surface area contributed by atoms with E-state index in [1.165, 1.54) is 173 Å². The van der Waals surface area contributed by atoms with Crippen LogP contribution < -0.4 is 0 Å². The number of hydrogen-bond donors (Lipinski definition) is 3. The minimum absolute atomic E-state index is 0.103. The van der Waals surface area contributed by atoms with Crippen LogP contribution >= 0.6 is 15.6 Å². The Balaban J connectivity index is 5.24. The quantitative estimate of drug-likeness (QED) is 0.0222. The summed E-state index contributed by atoms with van der Waals surface area (Å²) in [7, 11) is -9.90. The minimum Gasteiger partial charge on any atom is -0.462 e. The van der Waals surface area contributed by atoms with Crippen molar-refractivity contribution >= 4 is 39.5 Å². The molecule has 3 N–H and O–H groups in total. The average molecular weight is 1340 g/mol. The van der Waals surface area contributed by atoms with Crippen LogP contribution in [0.1, 0.15) is 363 Å². The molecule has 2 unspecified atom stereocenters. The monoisotopic (exact) mass is 1340 g/mol. The zero-order chi connectivity index (χ0) is 67.3. The van der Waals surface area contributed by atoms with Gasteiger partial charge in [0.05, 0.1) is 26.4 Å². The van der Waals surface area contributed by atoms with Crippen molar-refractivity contribution in [3.05, 3.63) is 0 Å². The molecule has 0 aromatic rings. The number of aliphatic hydroxyl groups excluding tert-OH is 1. The van der Waals surface area contributed by atoms with Gasteiger partial charge in [-0.05, 0) is 43.4 Å². The van der Waals surface area contributed by atoms with E-state index in [0.29, 0.717) is 31.6 Å². The maximum absolute atomic E-state index is 13.0. The summed E-state index contributed by atoms with van der Waals surface area (Å²) in [4.78, 5) is 72.6. The number of hydrogen-bond acceptors (Lipinski definition) is 15. The summed E-state index contributed by atoms with van der Waals surface area (Å²) < 4.78 is 68.3. The van der Waals surface area contributed by atoms with Crippen LogP contribution in [0.3, 0.4) is 0 Å². The summed E-state index contributed by atoms with van der Waals surface area (Å²) in [5.41, 5.74) is 0. The van der Waals surface area contributed by atoms with Gasteiger partial charge in [0.1, 0.15) is 19.3 Å². The van der Waals surface area contributed by atoms with E-state index in [1.54, 1.807) is 0 Å². The number of rotatable bonds is 70. The normalized spacial score (nSPS) is 14.2. The van der Waals surface area contributed by atoms with Gasteiger partial charge >= 0.3 is 39.5 Å². The van der Waals surface area contributed by atoms with Crippen LogP contribution in [-0.2, 0) is 65.4 Å². The number of ether oxygens (including phenoxy) is 4. The van der Waals surface area contributed by atoms with Crippen LogP contribution in [0.5, 0.6) is 0 Å². The van der Waals surface area contributed by atoms with Gasteiger partial charge in [-0.15, -0.1) is 0 Å². The second-order valence-electron chi connectivity index (χ2n) is 27.4. The molecule has 0 aromatic heterocycles. The Labute approximate surface area is 556 Å². The number of esters is 4. The largest absolute Gasteiger partial charge is 0.472 e. The lowest BCUT2D eigenvalue weighted by Crippen LogP contribution is -2.30. The molecule has 0 fully saturated rings. The molecule has 0 aliphatic rings. The fourth-order valence-corrected chi connectivity index (χ4v) is 12.5. The zero-order valence-electron chi connectivity index (χ0n) is 59.3. The molecule has 0 aliphatic carbocycles. The van der Waals surface area contributed by atoms with Crippen LogP contribution in [0, 0.1) is 17.8 Å². The molecule has 0 aromatic carbocycles. The van der Waals surface area contributed by atoms with E-state index in [0.717, 1.165) is 102 Å². The van der Waals surface area contributed by atoms with Crippen molar-refractivity contribution in [2.24, 2.45) is 17.8 Å². The molecule has 0 saturated carbocycles. The molecule has 0 bridgehead atoms. The molecule has 0 amide bonds. The SMILES string of the molecule is CCCCCCCCCCCCC(=O)OC[C@H](COP(=O)(O)OC[C@H](O)COP(=O)(O)OC[C@@H](COC(=O)CCCCCCCCCCCCCCC(C)C)OC(=O)CCCCCCCCCCCCCCCC(C)C)OC(=O)CCCCCCCCCC(C)C. The van der Waals surface area contributed by atoms with E-state index >= 15 is 0 Å². The van der Waals surface area contributed by atoms with Gasteiger partial charge in [0.15, 0.2) is 12.2 Å². The second kappa shape index (κ2) is 62.8. The van der Waals surface area contributed by atoms with Crippen LogP contribution in [0.15, 0.2) is 0 Å². The van der Waals surface area contributed by atoms with Gasteiger partial charge < -0.3 is 33.8 Å². The van der Waals surface area contributed by atoms with Crippen LogP contribution in [0.4, 0.5) is 0 Å². The van der Waals surface area contributed by atoms with E-state index in [9.17, 15) is 43.2 Å². The van der Waals surface area contributed by atoms with Crippen LogP contribution in [0.2, 0.25) is 0 Å². The standard InChI is InChI=1S/C72H140O17P2/c1-8-9-10-11-12-13-25-32-39-46-53-69(74)82-60-68(89-72(77)56-49-42-35-28-31-38-45-52-65(6)7)62-87-91(80,81)85-58-66(73)57-84-90(78,79)86-61-67(59-83-70(75)54-47-40-33-26-21-18-17-20-24-30-37-44-51-64(4)5)88-71(76)55-48-41-34-27-22-16-14-15-19-23-29-36-43-50-63(2)3/h63-68,73H,8-62H2,1-7H3,(H,78,79)(H,80,81)/t66-,67-,68-/m1/s1. The summed E-state index contributed by atoms with van der Waals surface area (Å²) in [6, 6.07) is 0. The van der Waals surface area contributed by atoms with Crippen molar-refractivity contribution in [1.29, 1.82) is 0 Å². The smallest absolute Gasteiger partial charge is 0.462 e. The van der Waals surface area contributed by atoms with Crippen molar-refractivity contribution < 1.29 is 80.2 Å². The van der Waals surface area contributed by atoms with Gasteiger partial charge in [0.2, 0.25) is 0 Å². The van der Waals surface area contributed by atoms with E-state index in [1.807, 2.05) is 0 Å². The molecule has 5 atom stereocenters. The van der Waals surface area contributed by atoms with Crippen molar-refractivity contribution in [3.8, 4) is 0 Å². The Morgan fingerprint density at radius 2 is 0.505 bits per heavy atom. The Hall–Kier alpha value is -1.94. The molecule has 0 aliphatic heterocycles. The number of phosphoric ester groups is 2. The lowest BCUT2D eigenvalue weighted by atomic mass is 10.0. The summed E-state index contributed by atoms with van der Waals surface area (Å²) in [6.45, 7) is 11.8. The lowest BCUT2D eigenvalue weighted by molar-refractivity contribution is -0.161. The fourth-order valence-electron chi connectivity index (χ4n) is 10.9. The molecule has 0 spiro atoms. The molecular formula is C72H140O17P2. The molecule has 91 heavy (non-hydrogen) atoms. The van der Waals surface area contributed by atoms with Gasteiger partial charge in [-0.25, -0.2) is 9.13 Å². The zero-order valence-corrected chi connectivity index (χ0v) is 61.1. The van der Waals surface area contributed by atoms with Gasteiger partial charge in [-0.2, -0.15) is 0 Å². The third-order valence-corrected chi connectivity index (χ3v) is 18.5. The van der Waals surface area contributed by atoms with Crippen molar-refractivity contribution in [2.75, 3.05) is 39.6 Å². The summed E-state index contributed by atoms with van der Waals surface area (Å²) in [5.74, 6) is 0.139. The van der Waals surface area contributed by atoms with Gasteiger partial charge in [0.25, 0.3) is 0 Å². The first-order chi connectivity index (χ1) is 43.7. The fraction of sp³-hybridized carbons (Fsp3) is 0.944. The number of unbranched alkanes of at least 4 members (excludes halogenated alkanes) is 38. The second-order valence-corrected chi connectivity index (χ2v) is 30.3. The third kappa shape index (κ3) is 66.5. The maximum Gasteiger partial charge on any atom is 0.472 e. The molecule has 0 rings (SSSR count). The van der Waals surface area contributed by atoms with Gasteiger partial charge in [-0.3, -0.25) is 37.3 Å². The Morgan fingerprint density at radius 1 is 0.297 bits per heavy atom. The van der Waals surface area contributed by atoms with Crippen LogP contribution in [-0.4, -0.2) is 96.7 Å². The highest BCUT2D eigenvalue weighted by molar-refractivity contribution is 7.47. The van der Waals surface area contributed by atoms with E-state index in [4.69, 9.17) is 37.0 Å². The molecule has 19 heteroatoms. The lowest BCUT2D eigenvalue weighted by Gasteiger charge is -2.21. The number of carbonyl (C=O) groups excluding carboxylic acids is 4. The molecule has 17 nitrogen and oxygen atoms in total. The number of carbonyl (C=O) groups is 4. The third-order valence-electron chi connectivity index (χ3n) is 16.6. The molecule has 0 saturated heterocycles. The Morgan fingerprint density at radius 3 is 0.747 bits per heavy atom.